The maximum Gasteiger partial charge on any atom is 0.242 e. The maximum atomic E-state index is 12.1. The summed E-state index contributed by atoms with van der Waals surface area (Å²) in [5.41, 5.74) is 6.74. The van der Waals surface area contributed by atoms with Crippen LogP contribution in [0.15, 0.2) is 12.5 Å². The molecule has 1 atom stereocenters. The molecule has 1 aliphatic rings. The fourth-order valence-electron chi connectivity index (χ4n) is 2.23. The first-order valence-electron chi connectivity index (χ1n) is 6.22. The number of nitrogens with zero attached hydrogens (tertiary/aromatic N) is 3. The van der Waals surface area contributed by atoms with E-state index in [1.54, 1.807) is 12.5 Å². The third-order valence-corrected chi connectivity index (χ3v) is 3.23. The van der Waals surface area contributed by atoms with Crippen molar-refractivity contribution in [2.24, 2.45) is 5.73 Å². The van der Waals surface area contributed by atoms with E-state index in [2.05, 4.69) is 4.98 Å². The first-order chi connectivity index (χ1) is 8.18. The zero-order chi connectivity index (χ0) is 12.3. The Hall–Kier alpha value is -1.36. The molecule has 2 rings (SSSR count). The number of aromatic nitrogens is 2. The van der Waals surface area contributed by atoms with Crippen LogP contribution in [0, 0.1) is 0 Å². The van der Waals surface area contributed by atoms with Gasteiger partial charge in [-0.05, 0) is 26.2 Å². The van der Waals surface area contributed by atoms with E-state index < -0.39 is 0 Å². The van der Waals surface area contributed by atoms with Crippen molar-refractivity contribution in [2.75, 3.05) is 13.1 Å². The lowest BCUT2D eigenvalue weighted by Crippen LogP contribution is -2.38. The molecule has 0 unspecified atom stereocenters. The zero-order valence-corrected chi connectivity index (χ0v) is 10.3. The van der Waals surface area contributed by atoms with Crippen LogP contribution in [0.2, 0.25) is 0 Å². The highest BCUT2D eigenvalue weighted by atomic mass is 16.2. The van der Waals surface area contributed by atoms with E-state index in [4.69, 9.17) is 5.73 Å². The average Bonchev–Trinajstić information content (AvgIpc) is 2.78. The van der Waals surface area contributed by atoms with Gasteiger partial charge < -0.3 is 15.2 Å². The van der Waals surface area contributed by atoms with Gasteiger partial charge in [0.25, 0.3) is 0 Å². The summed E-state index contributed by atoms with van der Waals surface area (Å²) in [5, 5.41) is 0. The molecule has 1 aromatic rings. The second-order valence-electron chi connectivity index (χ2n) is 4.68. The summed E-state index contributed by atoms with van der Waals surface area (Å²) in [6.45, 7) is 4.04. The van der Waals surface area contributed by atoms with Crippen molar-refractivity contribution in [1.29, 1.82) is 0 Å². The largest absolute Gasteiger partial charge is 0.341 e. The summed E-state index contributed by atoms with van der Waals surface area (Å²) in [6.07, 6.45) is 6.89. The van der Waals surface area contributed by atoms with Gasteiger partial charge in [0.05, 0.1) is 12.0 Å². The predicted molar refractivity (Wildman–Crippen MR) is 65.3 cm³/mol. The van der Waals surface area contributed by atoms with Gasteiger partial charge in [-0.1, -0.05) is 0 Å². The van der Waals surface area contributed by atoms with Crippen LogP contribution in [0.4, 0.5) is 0 Å². The van der Waals surface area contributed by atoms with E-state index in [1.165, 1.54) is 6.42 Å². The Labute approximate surface area is 102 Å². The van der Waals surface area contributed by atoms with Crippen LogP contribution in [0.5, 0.6) is 0 Å². The molecule has 1 aliphatic heterocycles. The first-order valence-corrected chi connectivity index (χ1v) is 6.22. The van der Waals surface area contributed by atoms with Gasteiger partial charge in [-0.15, -0.1) is 0 Å². The Balaban J connectivity index is 1.99. The molecule has 2 heterocycles. The van der Waals surface area contributed by atoms with E-state index in [0.29, 0.717) is 6.54 Å². The third kappa shape index (κ3) is 2.85. The smallest absolute Gasteiger partial charge is 0.242 e. The highest BCUT2D eigenvalue weighted by molar-refractivity contribution is 5.76. The lowest BCUT2D eigenvalue weighted by molar-refractivity contribution is -0.132. The van der Waals surface area contributed by atoms with E-state index in [9.17, 15) is 4.79 Å². The molecule has 2 N–H and O–H groups in total. The van der Waals surface area contributed by atoms with Crippen molar-refractivity contribution in [2.45, 2.75) is 38.8 Å². The minimum absolute atomic E-state index is 0.0911. The summed E-state index contributed by atoms with van der Waals surface area (Å²) >= 11 is 0. The lowest BCUT2D eigenvalue weighted by atomic mass is 10.1. The minimum Gasteiger partial charge on any atom is -0.341 e. The molecule has 5 nitrogen and oxygen atoms in total. The summed E-state index contributed by atoms with van der Waals surface area (Å²) in [4.78, 5) is 18.1. The van der Waals surface area contributed by atoms with E-state index in [-0.39, 0.29) is 11.9 Å². The number of imidazole rings is 1. The molecule has 0 spiro atoms. The molecule has 94 valence electrons. The summed E-state index contributed by atoms with van der Waals surface area (Å²) in [5.74, 6) is 0.171. The second-order valence-corrected chi connectivity index (χ2v) is 4.68. The first kappa shape index (κ1) is 12.1. The van der Waals surface area contributed by atoms with Crippen molar-refractivity contribution in [3.63, 3.8) is 0 Å². The van der Waals surface area contributed by atoms with Crippen LogP contribution >= 0.6 is 0 Å². The zero-order valence-electron chi connectivity index (χ0n) is 10.3. The van der Waals surface area contributed by atoms with E-state index in [0.717, 1.165) is 31.6 Å². The summed E-state index contributed by atoms with van der Waals surface area (Å²) in [6, 6.07) is -0.0911. The van der Waals surface area contributed by atoms with Crippen LogP contribution < -0.4 is 5.73 Å². The maximum absolute atomic E-state index is 12.1. The second kappa shape index (κ2) is 5.31. The molecule has 17 heavy (non-hydrogen) atoms. The molecule has 0 aliphatic carbocycles. The van der Waals surface area contributed by atoms with Crippen molar-refractivity contribution >= 4 is 5.91 Å². The number of nitrogens with two attached hydrogens (primary N) is 1. The fraction of sp³-hybridized carbons (Fsp3) is 0.667. The molecule has 5 heteroatoms. The average molecular weight is 236 g/mol. The number of amides is 1. The van der Waals surface area contributed by atoms with Crippen LogP contribution in [0.3, 0.4) is 0 Å². The Bertz CT molecular complexity index is 380. The van der Waals surface area contributed by atoms with E-state index in [1.807, 2.05) is 16.4 Å². The van der Waals surface area contributed by atoms with Gasteiger partial charge in [0.2, 0.25) is 5.91 Å². The Morgan fingerprint density at radius 3 is 2.82 bits per heavy atom. The predicted octanol–water partition coefficient (Wildman–Crippen LogP) is 0.915. The molecule has 0 saturated carbocycles. The van der Waals surface area contributed by atoms with Crippen LogP contribution in [-0.2, 0) is 11.3 Å². The number of carbonyl (C=O) groups is 1. The number of carbonyl (C=O) groups excluding carboxylic acids is 1. The Morgan fingerprint density at radius 1 is 1.47 bits per heavy atom. The van der Waals surface area contributed by atoms with Gasteiger partial charge in [-0.2, -0.15) is 0 Å². The number of rotatable bonds is 3. The monoisotopic (exact) mass is 236 g/mol. The van der Waals surface area contributed by atoms with Gasteiger partial charge in [0.15, 0.2) is 0 Å². The molecular weight excluding hydrogens is 216 g/mol. The van der Waals surface area contributed by atoms with Gasteiger partial charge in [0.1, 0.15) is 6.54 Å². The standard InChI is InChI=1S/C12H20N4O/c1-10(13)11-7-14-9-16(11)8-12(17)15-5-3-2-4-6-15/h7,9-10H,2-6,8,13H2,1H3/t10-/m0/s1. The van der Waals surface area contributed by atoms with Gasteiger partial charge >= 0.3 is 0 Å². The van der Waals surface area contributed by atoms with Crippen LogP contribution in [0.1, 0.15) is 37.9 Å². The number of piperidine rings is 1. The van der Waals surface area contributed by atoms with Crippen molar-refractivity contribution in [3.05, 3.63) is 18.2 Å². The van der Waals surface area contributed by atoms with Crippen molar-refractivity contribution < 1.29 is 4.79 Å². The summed E-state index contributed by atoms with van der Waals surface area (Å²) in [7, 11) is 0. The van der Waals surface area contributed by atoms with Gasteiger partial charge in [-0.3, -0.25) is 4.79 Å². The topological polar surface area (TPSA) is 64.1 Å². The van der Waals surface area contributed by atoms with Crippen molar-refractivity contribution in [1.82, 2.24) is 14.5 Å². The molecule has 1 saturated heterocycles. The number of hydrogen-bond acceptors (Lipinski definition) is 3. The minimum atomic E-state index is -0.0911. The van der Waals surface area contributed by atoms with Crippen LogP contribution in [-0.4, -0.2) is 33.4 Å². The number of hydrogen-bond donors (Lipinski definition) is 1. The normalized spacial score (nSPS) is 18.1. The Morgan fingerprint density at radius 2 is 2.18 bits per heavy atom. The van der Waals surface area contributed by atoms with Crippen molar-refractivity contribution in [3.8, 4) is 0 Å². The highest BCUT2D eigenvalue weighted by Crippen LogP contribution is 2.12. The molecule has 1 fully saturated rings. The van der Waals surface area contributed by atoms with E-state index >= 15 is 0 Å². The highest BCUT2D eigenvalue weighted by Gasteiger charge is 2.18. The quantitative estimate of drug-likeness (QED) is 0.848. The molecule has 0 radical (unpaired) electrons. The SMILES string of the molecule is C[C@H](N)c1cncn1CC(=O)N1CCCCC1. The number of likely N-dealkylation sites (tertiary alicyclic amines) is 1. The molecular formula is C12H20N4O. The van der Waals surface area contributed by atoms with Crippen LogP contribution in [0.25, 0.3) is 0 Å². The molecule has 1 amide bonds. The van der Waals surface area contributed by atoms with Gasteiger partial charge in [-0.25, -0.2) is 4.98 Å². The fourth-order valence-corrected chi connectivity index (χ4v) is 2.23. The summed E-state index contributed by atoms with van der Waals surface area (Å²) < 4.78 is 1.85. The molecule has 0 bridgehead atoms. The Kier molecular flexibility index (Phi) is 3.78. The molecule has 0 aromatic carbocycles. The molecule has 1 aromatic heterocycles. The van der Waals surface area contributed by atoms with Gasteiger partial charge in [0, 0.05) is 25.3 Å². The third-order valence-electron chi connectivity index (χ3n) is 3.23. The lowest BCUT2D eigenvalue weighted by Gasteiger charge is -2.27.